The number of carbonyl (C=O) groups excluding carboxylic acids is 1. The second-order valence-corrected chi connectivity index (χ2v) is 6.17. The third-order valence-corrected chi connectivity index (χ3v) is 4.62. The van der Waals surface area contributed by atoms with Crippen molar-refractivity contribution in [2.75, 3.05) is 12.4 Å². The summed E-state index contributed by atoms with van der Waals surface area (Å²) in [5.41, 5.74) is 5.13. The zero-order valence-electron chi connectivity index (χ0n) is 14.2. The van der Waals surface area contributed by atoms with Crippen LogP contribution in [0, 0.1) is 6.92 Å². The van der Waals surface area contributed by atoms with E-state index in [1.807, 2.05) is 31.2 Å². The van der Waals surface area contributed by atoms with Crippen molar-refractivity contribution in [1.82, 2.24) is 10.1 Å². The maximum Gasteiger partial charge on any atom is 0.257 e. The second kappa shape index (κ2) is 6.12. The van der Waals surface area contributed by atoms with E-state index in [0.717, 1.165) is 47.5 Å². The molecule has 6 heteroatoms. The van der Waals surface area contributed by atoms with Crippen LogP contribution in [0.3, 0.4) is 0 Å². The highest BCUT2D eigenvalue weighted by Gasteiger charge is 2.27. The number of benzene rings is 1. The minimum atomic E-state index is -0.176. The van der Waals surface area contributed by atoms with Crippen LogP contribution >= 0.6 is 0 Å². The number of nitrogens with zero attached hydrogens (tertiary/aromatic N) is 1. The summed E-state index contributed by atoms with van der Waals surface area (Å²) in [5.74, 6) is 1.28. The largest absolute Gasteiger partial charge is 0.497 e. The van der Waals surface area contributed by atoms with Crippen molar-refractivity contribution in [1.29, 1.82) is 0 Å². The van der Waals surface area contributed by atoms with E-state index in [9.17, 15) is 4.79 Å². The highest BCUT2D eigenvalue weighted by molar-refractivity contribution is 6.09. The van der Waals surface area contributed by atoms with Crippen molar-refractivity contribution in [3.63, 3.8) is 0 Å². The average molecular weight is 337 g/mol. The second-order valence-electron chi connectivity index (χ2n) is 6.17. The van der Waals surface area contributed by atoms with E-state index in [2.05, 4.69) is 15.5 Å². The molecule has 3 aromatic rings. The molecule has 0 radical (unpaired) electrons. The standard InChI is InChI=1S/C19H19N3O3/c1-11-14-4-3-5-16-17(18(14)25-22-11)15(10-20-16)19(23)21-12-6-8-13(24-2)9-7-12/h6-10,20H,3-5H2,1-2H3,(H,21,23). The van der Waals surface area contributed by atoms with Gasteiger partial charge in [0.05, 0.1) is 23.9 Å². The summed E-state index contributed by atoms with van der Waals surface area (Å²) < 4.78 is 10.7. The summed E-state index contributed by atoms with van der Waals surface area (Å²) in [4.78, 5) is 16.0. The van der Waals surface area contributed by atoms with Crippen LogP contribution < -0.4 is 10.1 Å². The van der Waals surface area contributed by atoms with Crippen LogP contribution in [0.15, 0.2) is 35.0 Å². The van der Waals surface area contributed by atoms with Gasteiger partial charge in [-0.2, -0.15) is 0 Å². The number of aromatic nitrogens is 2. The lowest BCUT2D eigenvalue weighted by Gasteiger charge is -2.07. The minimum Gasteiger partial charge on any atom is -0.497 e. The first kappa shape index (κ1) is 15.5. The van der Waals surface area contributed by atoms with Gasteiger partial charge in [0.1, 0.15) is 5.75 Å². The zero-order chi connectivity index (χ0) is 17.4. The number of amides is 1. The van der Waals surface area contributed by atoms with Crippen LogP contribution in [-0.2, 0) is 12.8 Å². The number of aryl methyl sites for hydroxylation is 2. The third-order valence-electron chi connectivity index (χ3n) is 4.62. The van der Waals surface area contributed by atoms with Crippen LogP contribution in [0.2, 0.25) is 0 Å². The Balaban J connectivity index is 1.68. The smallest absolute Gasteiger partial charge is 0.257 e. The molecular weight excluding hydrogens is 318 g/mol. The van der Waals surface area contributed by atoms with Gasteiger partial charge < -0.3 is 19.6 Å². The molecule has 0 aliphatic heterocycles. The third kappa shape index (κ3) is 2.69. The first-order chi connectivity index (χ1) is 12.2. The molecule has 2 N–H and O–H groups in total. The molecule has 0 fully saturated rings. The summed E-state index contributed by atoms with van der Waals surface area (Å²) in [7, 11) is 1.61. The van der Waals surface area contributed by atoms with Gasteiger partial charge in [-0.3, -0.25) is 4.79 Å². The zero-order valence-corrected chi connectivity index (χ0v) is 14.2. The Bertz CT molecular complexity index is 922. The topological polar surface area (TPSA) is 80.1 Å². The molecule has 25 heavy (non-hydrogen) atoms. The summed E-state index contributed by atoms with van der Waals surface area (Å²) in [6.45, 7) is 1.94. The molecule has 1 amide bonds. The van der Waals surface area contributed by atoms with Gasteiger partial charge in [0.2, 0.25) is 0 Å². The molecule has 0 saturated carbocycles. The number of rotatable bonds is 3. The normalized spacial score (nSPS) is 12.9. The molecule has 0 atom stereocenters. The number of nitrogens with one attached hydrogen (secondary N) is 2. The van der Waals surface area contributed by atoms with Crippen molar-refractivity contribution < 1.29 is 14.1 Å². The van der Waals surface area contributed by atoms with Crippen molar-refractivity contribution in [3.05, 3.63) is 53.0 Å². The predicted octanol–water partition coefficient (Wildman–Crippen LogP) is 3.73. The summed E-state index contributed by atoms with van der Waals surface area (Å²) in [6, 6.07) is 7.24. The molecule has 1 aliphatic rings. The number of ether oxygens (including phenoxy) is 1. The predicted molar refractivity (Wildman–Crippen MR) is 94.0 cm³/mol. The van der Waals surface area contributed by atoms with Crippen LogP contribution in [0.1, 0.15) is 33.7 Å². The van der Waals surface area contributed by atoms with Gasteiger partial charge >= 0.3 is 0 Å². The fourth-order valence-electron chi connectivity index (χ4n) is 3.30. The van der Waals surface area contributed by atoms with Gasteiger partial charge in [-0.15, -0.1) is 0 Å². The Morgan fingerprint density at radius 1 is 1.28 bits per heavy atom. The molecule has 4 rings (SSSR count). The number of carbonyl (C=O) groups is 1. The molecule has 1 aromatic carbocycles. The molecule has 1 aliphatic carbocycles. The molecule has 6 nitrogen and oxygen atoms in total. The molecule has 0 bridgehead atoms. The Morgan fingerprint density at radius 3 is 2.84 bits per heavy atom. The maximum atomic E-state index is 12.8. The van der Waals surface area contributed by atoms with E-state index in [-0.39, 0.29) is 5.91 Å². The van der Waals surface area contributed by atoms with Gasteiger partial charge in [0.25, 0.3) is 5.91 Å². The maximum absolute atomic E-state index is 12.8. The number of hydrogen-bond acceptors (Lipinski definition) is 4. The SMILES string of the molecule is COc1ccc(NC(=O)c2c[nH]c3c2-c2onc(C)c2CCC3)cc1. The molecule has 128 valence electrons. The van der Waals surface area contributed by atoms with E-state index in [0.29, 0.717) is 17.0 Å². The van der Waals surface area contributed by atoms with Crippen LogP contribution in [0.25, 0.3) is 11.3 Å². The van der Waals surface area contributed by atoms with E-state index < -0.39 is 0 Å². The van der Waals surface area contributed by atoms with Crippen molar-refractivity contribution in [2.45, 2.75) is 26.2 Å². The highest BCUT2D eigenvalue weighted by Crippen LogP contribution is 2.36. The van der Waals surface area contributed by atoms with Crippen LogP contribution in [-0.4, -0.2) is 23.2 Å². The van der Waals surface area contributed by atoms with Crippen LogP contribution in [0.5, 0.6) is 5.75 Å². The number of fused-ring (bicyclic) bond motifs is 3. The summed E-state index contributed by atoms with van der Waals surface area (Å²) in [5, 5.41) is 7.01. The van der Waals surface area contributed by atoms with E-state index in [4.69, 9.17) is 9.26 Å². The van der Waals surface area contributed by atoms with Gasteiger partial charge in [0, 0.05) is 23.1 Å². The average Bonchev–Trinajstić information content (AvgIpc) is 3.15. The lowest BCUT2D eigenvalue weighted by molar-refractivity contribution is 0.102. The Morgan fingerprint density at radius 2 is 2.08 bits per heavy atom. The molecule has 0 unspecified atom stereocenters. The molecule has 2 aromatic heterocycles. The fourth-order valence-corrected chi connectivity index (χ4v) is 3.30. The highest BCUT2D eigenvalue weighted by atomic mass is 16.5. The Hall–Kier alpha value is -3.02. The van der Waals surface area contributed by atoms with E-state index in [1.165, 1.54) is 0 Å². The number of H-pyrrole nitrogens is 1. The molecular formula is C19H19N3O3. The molecule has 0 spiro atoms. The van der Waals surface area contributed by atoms with Crippen molar-refractivity contribution in [3.8, 4) is 17.1 Å². The van der Waals surface area contributed by atoms with Crippen LogP contribution in [0.4, 0.5) is 5.69 Å². The summed E-state index contributed by atoms with van der Waals surface area (Å²) >= 11 is 0. The van der Waals surface area contributed by atoms with E-state index >= 15 is 0 Å². The number of anilines is 1. The Labute approximate surface area is 145 Å². The lowest BCUT2D eigenvalue weighted by Crippen LogP contribution is -2.12. The lowest BCUT2D eigenvalue weighted by atomic mass is 10.0. The number of methoxy groups -OCH3 is 1. The van der Waals surface area contributed by atoms with E-state index in [1.54, 1.807) is 13.3 Å². The molecule has 2 heterocycles. The van der Waals surface area contributed by atoms with Gasteiger partial charge in [-0.1, -0.05) is 5.16 Å². The number of hydrogen-bond donors (Lipinski definition) is 2. The fraction of sp³-hybridized carbons (Fsp3) is 0.263. The quantitative estimate of drug-likeness (QED) is 0.763. The van der Waals surface area contributed by atoms with Gasteiger partial charge in [-0.25, -0.2) is 0 Å². The van der Waals surface area contributed by atoms with Gasteiger partial charge in [0.15, 0.2) is 5.76 Å². The Kier molecular flexibility index (Phi) is 3.80. The first-order valence-corrected chi connectivity index (χ1v) is 8.28. The summed E-state index contributed by atoms with van der Waals surface area (Å²) in [6.07, 6.45) is 4.54. The minimum absolute atomic E-state index is 0.176. The molecule has 0 saturated heterocycles. The van der Waals surface area contributed by atoms with Gasteiger partial charge in [-0.05, 0) is 50.5 Å². The van der Waals surface area contributed by atoms with Crippen molar-refractivity contribution in [2.24, 2.45) is 0 Å². The first-order valence-electron chi connectivity index (χ1n) is 8.28. The number of aromatic amines is 1. The monoisotopic (exact) mass is 337 g/mol. The van der Waals surface area contributed by atoms with Crippen molar-refractivity contribution >= 4 is 11.6 Å².